The number of halogens is 3. The van der Waals surface area contributed by atoms with E-state index < -0.39 is 22.0 Å². The van der Waals surface area contributed by atoms with Crippen LogP contribution in [0.5, 0.6) is 0 Å². The topological polar surface area (TPSA) is 80.2 Å². The first-order valence-corrected chi connectivity index (χ1v) is 7.90. The fraction of sp³-hybridized carbons (Fsp3) is 0.583. The molecule has 1 aliphatic carbocycles. The monoisotopic (exact) mass is 335 g/mol. The molecule has 1 saturated carbocycles. The van der Waals surface area contributed by atoms with Crippen molar-refractivity contribution in [3.05, 3.63) is 17.7 Å². The van der Waals surface area contributed by atoms with Crippen LogP contribution < -0.4 is 0 Å². The first-order valence-electron chi connectivity index (χ1n) is 6.46. The molecule has 0 unspecified atom stereocenters. The summed E-state index contributed by atoms with van der Waals surface area (Å²) >= 11 is 0. The molecule has 0 radical (unpaired) electrons. The summed E-state index contributed by atoms with van der Waals surface area (Å²) < 4.78 is 63.4. The Bertz CT molecular complexity index is 745. The molecular formula is C12H12F3N3O3S. The molecule has 1 spiro atoms. The van der Waals surface area contributed by atoms with E-state index in [0.29, 0.717) is 19.0 Å². The molecule has 0 bridgehead atoms. The molecule has 2 aliphatic rings. The standard InChI is InChI=1S/C12H12F3N3O3S/c1-7-9(4-16-10(17-7)12(13,14)15)22(20,21)18-5-11(6-18)2-8(19)3-11/h4H,2-3,5-6H2,1H3. The summed E-state index contributed by atoms with van der Waals surface area (Å²) in [5.74, 6) is -1.26. The predicted octanol–water partition coefficient (Wildman–Crippen LogP) is 1.16. The highest BCUT2D eigenvalue weighted by molar-refractivity contribution is 7.89. The van der Waals surface area contributed by atoms with Crippen LogP contribution in [0.4, 0.5) is 13.2 Å². The zero-order valence-corrected chi connectivity index (χ0v) is 12.3. The lowest BCUT2D eigenvalue weighted by Gasteiger charge is -2.53. The van der Waals surface area contributed by atoms with E-state index in [1.165, 1.54) is 6.92 Å². The lowest BCUT2D eigenvalue weighted by molar-refractivity contribution is -0.145. The van der Waals surface area contributed by atoms with Gasteiger partial charge >= 0.3 is 6.18 Å². The Balaban J connectivity index is 1.83. The van der Waals surface area contributed by atoms with E-state index in [1.807, 2.05) is 0 Å². The molecule has 1 aliphatic heterocycles. The summed E-state index contributed by atoms with van der Waals surface area (Å²) in [5, 5.41) is 0. The SMILES string of the molecule is Cc1nc(C(F)(F)F)ncc1S(=O)(=O)N1CC2(CC(=O)C2)C1. The zero-order chi connectivity index (χ0) is 16.3. The van der Waals surface area contributed by atoms with E-state index in [9.17, 15) is 26.4 Å². The van der Waals surface area contributed by atoms with Gasteiger partial charge in [-0.3, -0.25) is 4.79 Å². The van der Waals surface area contributed by atoms with Crippen LogP contribution >= 0.6 is 0 Å². The Morgan fingerprint density at radius 2 is 1.86 bits per heavy atom. The molecule has 10 heteroatoms. The minimum Gasteiger partial charge on any atom is -0.300 e. The molecule has 0 atom stereocenters. The van der Waals surface area contributed by atoms with Crippen LogP contribution in [-0.2, 0) is 21.0 Å². The van der Waals surface area contributed by atoms with Gasteiger partial charge in [0.1, 0.15) is 10.7 Å². The van der Waals surface area contributed by atoms with Crippen molar-refractivity contribution in [2.24, 2.45) is 5.41 Å². The van der Waals surface area contributed by atoms with Crippen LogP contribution in [-0.4, -0.2) is 41.6 Å². The molecule has 3 rings (SSSR count). The van der Waals surface area contributed by atoms with Gasteiger partial charge in [0.25, 0.3) is 0 Å². The number of aryl methyl sites for hydroxylation is 1. The lowest BCUT2D eigenvalue weighted by Crippen LogP contribution is -2.63. The second kappa shape index (κ2) is 4.48. The van der Waals surface area contributed by atoms with E-state index in [0.717, 1.165) is 4.31 Å². The van der Waals surface area contributed by atoms with Gasteiger partial charge in [-0.2, -0.15) is 17.5 Å². The zero-order valence-electron chi connectivity index (χ0n) is 11.5. The molecule has 1 aromatic heterocycles. The van der Waals surface area contributed by atoms with E-state index >= 15 is 0 Å². The average Bonchev–Trinajstić information content (AvgIpc) is 2.30. The fourth-order valence-electron chi connectivity index (χ4n) is 2.87. The molecule has 22 heavy (non-hydrogen) atoms. The minimum atomic E-state index is -4.72. The van der Waals surface area contributed by atoms with Gasteiger partial charge in [0.05, 0.1) is 11.9 Å². The summed E-state index contributed by atoms with van der Waals surface area (Å²) in [6.07, 6.45) is -3.30. The van der Waals surface area contributed by atoms with Crippen LogP contribution in [0.1, 0.15) is 24.4 Å². The third-order valence-corrected chi connectivity index (χ3v) is 5.87. The molecule has 0 N–H and O–H groups in total. The summed E-state index contributed by atoms with van der Waals surface area (Å²) in [6.45, 7) is 1.62. The Kier molecular flexibility index (Phi) is 3.12. The summed E-state index contributed by atoms with van der Waals surface area (Å²) in [6, 6.07) is 0. The number of ketones is 1. The number of sulfonamides is 1. The highest BCUT2D eigenvalue weighted by Gasteiger charge is 2.55. The van der Waals surface area contributed by atoms with Gasteiger partial charge in [-0.25, -0.2) is 18.4 Å². The number of hydrogen-bond acceptors (Lipinski definition) is 5. The van der Waals surface area contributed by atoms with Crippen molar-refractivity contribution in [2.75, 3.05) is 13.1 Å². The Morgan fingerprint density at radius 1 is 1.27 bits per heavy atom. The summed E-state index contributed by atoms with van der Waals surface area (Å²) in [7, 11) is -3.93. The maximum atomic E-state index is 12.5. The normalized spacial score (nSPS) is 21.5. The van der Waals surface area contributed by atoms with Gasteiger partial charge in [-0.15, -0.1) is 0 Å². The maximum Gasteiger partial charge on any atom is 0.451 e. The molecular weight excluding hydrogens is 323 g/mol. The van der Waals surface area contributed by atoms with Crippen LogP contribution in [0.3, 0.4) is 0 Å². The number of carbonyl (C=O) groups excluding carboxylic acids is 1. The number of hydrogen-bond donors (Lipinski definition) is 0. The third kappa shape index (κ3) is 2.30. The van der Waals surface area contributed by atoms with Crippen molar-refractivity contribution in [3.63, 3.8) is 0 Å². The number of nitrogens with zero attached hydrogens (tertiary/aromatic N) is 3. The van der Waals surface area contributed by atoms with E-state index in [2.05, 4.69) is 9.97 Å². The minimum absolute atomic E-state index is 0.103. The molecule has 2 heterocycles. The lowest BCUT2D eigenvalue weighted by atomic mass is 9.64. The van der Waals surface area contributed by atoms with Crippen molar-refractivity contribution in [1.82, 2.24) is 14.3 Å². The quantitative estimate of drug-likeness (QED) is 0.810. The van der Waals surface area contributed by atoms with E-state index in [4.69, 9.17) is 0 Å². The second-order valence-electron chi connectivity index (χ2n) is 5.81. The van der Waals surface area contributed by atoms with Crippen LogP contribution in [0.15, 0.2) is 11.1 Å². The number of alkyl halides is 3. The molecule has 1 aromatic rings. The van der Waals surface area contributed by atoms with Gasteiger partial charge in [0.2, 0.25) is 15.8 Å². The highest BCUT2D eigenvalue weighted by Crippen LogP contribution is 2.47. The highest BCUT2D eigenvalue weighted by atomic mass is 32.2. The van der Waals surface area contributed by atoms with Crippen molar-refractivity contribution in [2.45, 2.75) is 30.8 Å². The largest absolute Gasteiger partial charge is 0.451 e. The fourth-order valence-corrected chi connectivity index (χ4v) is 4.64. The van der Waals surface area contributed by atoms with Gasteiger partial charge in [-0.05, 0) is 6.92 Å². The van der Waals surface area contributed by atoms with Gasteiger partial charge in [0, 0.05) is 31.3 Å². The molecule has 1 saturated heterocycles. The number of aromatic nitrogens is 2. The predicted molar refractivity (Wildman–Crippen MR) is 67.2 cm³/mol. The van der Waals surface area contributed by atoms with Gasteiger partial charge in [0.15, 0.2) is 0 Å². The Hall–Kier alpha value is -1.55. The first-order chi connectivity index (χ1) is 10.0. The van der Waals surface area contributed by atoms with Crippen molar-refractivity contribution < 1.29 is 26.4 Å². The van der Waals surface area contributed by atoms with Gasteiger partial charge in [-0.1, -0.05) is 0 Å². The number of Topliss-reactive ketones (excluding diaryl/α,β-unsaturated/α-hetero) is 1. The number of rotatable bonds is 2. The Morgan fingerprint density at radius 3 is 2.32 bits per heavy atom. The van der Waals surface area contributed by atoms with Crippen molar-refractivity contribution in [1.29, 1.82) is 0 Å². The van der Waals surface area contributed by atoms with Crippen molar-refractivity contribution >= 4 is 15.8 Å². The maximum absolute atomic E-state index is 12.5. The molecule has 120 valence electrons. The number of carbonyl (C=O) groups is 1. The van der Waals surface area contributed by atoms with Crippen molar-refractivity contribution in [3.8, 4) is 0 Å². The van der Waals surface area contributed by atoms with Gasteiger partial charge < -0.3 is 0 Å². The van der Waals surface area contributed by atoms with Crippen LogP contribution in [0.25, 0.3) is 0 Å². The molecule has 6 nitrogen and oxygen atoms in total. The van der Waals surface area contributed by atoms with E-state index in [1.54, 1.807) is 0 Å². The molecule has 2 fully saturated rings. The second-order valence-corrected chi connectivity index (χ2v) is 7.71. The Labute approximate surface area is 124 Å². The smallest absolute Gasteiger partial charge is 0.300 e. The first kappa shape index (κ1) is 15.3. The average molecular weight is 335 g/mol. The van der Waals surface area contributed by atoms with Crippen LogP contribution in [0.2, 0.25) is 0 Å². The van der Waals surface area contributed by atoms with Crippen LogP contribution in [0, 0.1) is 12.3 Å². The third-order valence-electron chi connectivity index (χ3n) is 3.97. The molecule has 0 amide bonds. The summed E-state index contributed by atoms with van der Waals surface area (Å²) in [4.78, 5) is 17.0. The molecule has 0 aromatic carbocycles. The van der Waals surface area contributed by atoms with E-state index in [-0.39, 0.29) is 34.9 Å². The summed E-state index contributed by atoms with van der Waals surface area (Å²) in [5.41, 5.74) is -0.516.